The Bertz CT molecular complexity index is 1410. The molecule has 0 aromatic heterocycles. The second-order valence-corrected chi connectivity index (χ2v) is 11.6. The minimum Gasteiger partial charge on any atom is -0.497 e. The average molecular weight is 582 g/mol. The third kappa shape index (κ3) is 8.23. The Morgan fingerprint density at radius 2 is 1.59 bits per heavy atom. The van der Waals surface area contributed by atoms with E-state index in [9.17, 15) is 18.0 Å². The van der Waals surface area contributed by atoms with Crippen molar-refractivity contribution in [2.75, 3.05) is 31.6 Å². The van der Waals surface area contributed by atoms with Crippen LogP contribution in [0.4, 0.5) is 5.69 Å². The van der Waals surface area contributed by atoms with Crippen molar-refractivity contribution in [2.45, 2.75) is 51.1 Å². The number of nitrogens with one attached hydrogen (secondary N) is 1. The molecule has 0 aliphatic heterocycles. The Kier molecular flexibility index (Phi) is 11.2. The molecule has 1 atom stereocenters. The zero-order chi connectivity index (χ0) is 30.0. The van der Waals surface area contributed by atoms with Gasteiger partial charge < -0.3 is 19.7 Å². The number of carbonyl (C=O) groups excluding carboxylic acids is 2. The molecule has 10 heteroatoms. The van der Waals surface area contributed by atoms with Crippen LogP contribution in [-0.4, -0.2) is 58.5 Å². The predicted octanol–water partition coefficient (Wildman–Crippen LogP) is 4.54. The number of unbranched alkanes of at least 4 members (excludes halogenated alkanes) is 1. The zero-order valence-electron chi connectivity index (χ0n) is 24.3. The number of sulfonamides is 1. The molecule has 3 rings (SSSR count). The maximum Gasteiger partial charge on any atom is 0.264 e. The Balaban J connectivity index is 2.01. The first-order valence-electron chi connectivity index (χ1n) is 13.5. The fraction of sp³-hybridized carbons (Fsp3) is 0.355. The summed E-state index contributed by atoms with van der Waals surface area (Å²) in [6, 6.07) is 19.3. The molecule has 41 heavy (non-hydrogen) atoms. The van der Waals surface area contributed by atoms with Gasteiger partial charge in [-0.05, 0) is 62.2 Å². The summed E-state index contributed by atoms with van der Waals surface area (Å²) in [6.07, 6.45) is 1.72. The molecule has 0 heterocycles. The van der Waals surface area contributed by atoms with E-state index in [1.165, 1.54) is 24.1 Å². The van der Waals surface area contributed by atoms with Crippen molar-refractivity contribution in [3.8, 4) is 11.5 Å². The number of rotatable bonds is 14. The maximum absolute atomic E-state index is 14.0. The second kappa shape index (κ2) is 14.5. The SMILES string of the molecule is CCCCNC(=O)C(C)N(Cc1ccc(OC)cc1)C(=O)CN(c1cccc(OC)c1)S(=O)(=O)c1ccc(C)cc1. The average Bonchev–Trinajstić information content (AvgIpc) is 2.98. The Morgan fingerprint density at radius 1 is 0.927 bits per heavy atom. The molecule has 0 fully saturated rings. The number of hydrogen-bond acceptors (Lipinski definition) is 6. The molecule has 9 nitrogen and oxygen atoms in total. The highest BCUT2D eigenvalue weighted by atomic mass is 32.2. The van der Waals surface area contributed by atoms with Crippen molar-refractivity contribution in [2.24, 2.45) is 0 Å². The van der Waals surface area contributed by atoms with Gasteiger partial charge in [0.15, 0.2) is 0 Å². The Hall–Kier alpha value is -4.05. The van der Waals surface area contributed by atoms with Crippen molar-refractivity contribution in [1.29, 1.82) is 0 Å². The van der Waals surface area contributed by atoms with E-state index in [-0.39, 0.29) is 23.0 Å². The minimum absolute atomic E-state index is 0.0470. The number of amides is 2. The lowest BCUT2D eigenvalue weighted by atomic mass is 10.1. The second-order valence-electron chi connectivity index (χ2n) is 9.72. The lowest BCUT2D eigenvalue weighted by Gasteiger charge is -2.32. The van der Waals surface area contributed by atoms with Crippen molar-refractivity contribution in [3.05, 3.63) is 83.9 Å². The Morgan fingerprint density at radius 3 is 2.20 bits per heavy atom. The first-order chi connectivity index (χ1) is 19.6. The fourth-order valence-electron chi connectivity index (χ4n) is 4.18. The van der Waals surface area contributed by atoms with Gasteiger partial charge in [-0.2, -0.15) is 0 Å². The summed E-state index contributed by atoms with van der Waals surface area (Å²) in [6.45, 7) is 5.60. The molecule has 0 saturated carbocycles. The van der Waals surface area contributed by atoms with Crippen LogP contribution in [0, 0.1) is 6.92 Å². The van der Waals surface area contributed by atoms with Gasteiger partial charge in [-0.1, -0.05) is 49.2 Å². The van der Waals surface area contributed by atoms with Crippen LogP contribution in [0.1, 0.15) is 37.8 Å². The van der Waals surface area contributed by atoms with Gasteiger partial charge in [0, 0.05) is 19.2 Å². The highest BCUT2D eigenvalue weighted by Crippen LogP contribution is 2.28. The largest absolute Gasteiger partial charge is 0.497 e. The van der Waals surface area contributed by atoms with Crippen LogP contribution in [0.5, 0.6) is 11.5 Å². The molecule has 0 spiro atoms. The molecule has 0 aliphatic carbocycles. The van der Waals surface area contributed by atoms with Crippen LogP contribution in [0.15, 0.2) is 77.7 Å². The fourth-order valence-corrected chi connectivity index (χ4v) is 5.58. The molecular weight excluding hydrogens is 542 g/mol. The van der Waals surface area contributed by atoms with Crippen LogP contribution < -0.4 is 19.1 Å². The number of hydrogen-bond donors (Lipinski definition) is 1. The van der Waals surface area contributed by atoms with Crippen LogP contribution in [0.3, 0.4) is 0 Å². The lowest BCUT2D eigenvalue weighted by Crippen LogP contribution is -2.51. The molecular formula is C31H39N3O6S. The monoisotopic (exact) mass is 581 g/mol. The van der Waals surface area contributed by atoms with E-state index in [0.717, 1.165) is 28.3 Å². The summed E-state index contributed by atoms with van der Waals surface area (Å²) in [5.74, 6) is 0.260. The molecule has 3 aromatic rings. The first kappa shape index (κ1) is 31.5. The number of carbonyl (C=O) groups is 2. The minimum atomic E-state index is -4.16. The predicted molar refractivity (Wildman–Crippen MR) is 160 cm³/mol. The van der Waals surface area contributed by atoms with E-state index in [2.05, 4.69) is 5.32 Å². The van der Waals surface area contributed by atoms with E-state index >= 15 is 0 Å². The van der Waals surface area contributed by atoms with Gasteiger partial charge in [-0.3, -0.25) is 13.9 Å². The molecule has 0 bridgehead atoms. The van der Waals surface area contributed by atoms with Crippen LogP contribution in [0.25, 0.3) is 0 Å². The number of nitrogens with zero attached hydrogens (tertiary/aromatic N) is 2. The highest BCUT2D eigenvalue weighted by Gasteiger charge is 2.32. The standard InChI is InChI=1S/C31H39N3O6S/c1-6-7-19-32-31(36)24(3)33(21-25-13-15-27(39-4)16-14-25)30(35)22-34(26-9-8-10-28(20-26)40-5)41(37,38)29-17-11-23(2)12-18-29/h8-18,20,24H,6-7,19,21-22H2,1-5H3,(H,32,36). The Labute approximate surface area is 243 Å². The summed E-state index contributed by atoms with van der Waals surface area (Å²) in [5, 5.41) is 2.88. The van der Waals surface area contributed by atoms with Gasteiger partial charge in [0.2, 0.25) is 11.8 Å². The van der Waals surface area contributed by atoms with E-state index in [1.54, 1.807) is 62.6 Å². The molecule has 0 aliphatic rings. The topological polar surface area (TPSA) is 105 Å². The van der Waals surface area contributed by atoms with Crippen molar-refractivity contribution < 1.29 is 27.5 Å². The maximum atomic E-state index is 14.0. The lowest BCUT2D eigenvalue weighted by molar-refractivity contribution is -0.139. The first-order valence-corrected chi connectivity index (χ1v) is 15.0. The van der Waals surface area contributed by atoms with Gasteiger partial charge in [0.25, 0.3) is 10.0 Å². The zero-order valence-corrected chi connectivity index (χ0v) is 25.1. The van der Waals surface area contributed by atoms with E-state index in [1.807, 2.05) is 26.0 Å². The molecule has 3 aromatic carbocycles. The van der Waals surface area contributed by atoms with E-state index < -0.39 is 28.5 Å². The third-order valence-electron chi connectivity index (χ3n) is 6.74. The summed E-state index contributed by atoms with van der Waals surface area (Å²) >= 11 is 0. The van der Waals surface area contributed by atoms with Gasteiger partial charge in [0.05, 0.1) is 24.8 Å². The normalized spacial score (nSPS) is 11.8. The smallest absolute Gasteiger partial charge is 0.264 e. The number of ether oxygens (including phenoxy) is 2. The van der Waals surface area contributed by atoms with Crippen LogP contribution in [0.2, 0.25) is 0 Å². The summed E-state index contributed by atoms with van der Waals surface area (Å²) in [5.41, 5.74) is 1.94. The molecule has 2 amide bonds. The van der Waals surface area contributed by atoms with Crippen molar-refractivity contribution in [3.63, 3.8) is 0 Å². The van der Waals surface area contributed by atoms with Crippen molar-refractivity contribution in [1.82, 2.24) is 10.2 Å². The molecule has 1 unspecified atom stereocenters. The number of benzene rings is 3. The molecule has 0 radical (unpaired) electrons. The number of anilines is 1. The van der Waals surface area contributed by atoms with Gasteiger partial charge in [-0.25, -0.2) is 8.42 Å². The molecule has 0 saturated heterocycles. The van der Waals surface area contributed by atoms with Gasteiger partial charge >= 0.3 is 0 Å². The highest BCUT2D eigenvalue weighted by molar-refractivity contribution is 7.92. The van der Waals surface area contributed by atoms with Crippen LogP contribution >= 0.6 is 0 Å². The van der Waals surface area contributed by atoms with E-state index in [0.29, 0.717) is 18.0 Å². The molecule has 1 N–H and O–H groups in total. The summed E-state index contributed by atoms with van der Waals surface area (Å²) in [7, 11) is -1.11. The van der Waals surface area contributed by atoms with Gasteiger partial charge in [-0.15, -0.1) is 0 Å². The van der Waals surface area contributed by atoms with E-state index in [4.69, 9.17) is 9.47 Å². The molecule has 220 valence electrons. The number of methoxy groups -OCH3 is 2. The van der Waals surface area contributed by atoms with Crippen molar-refractivity contribution >= 4 is 27.5 Å². The summed E-state index contributed by atoms with van der Waals surface area (Å²) < 4.78 is 39.5. The van der Waals surface area contributed by atoms with Crippen LogP contribution in [-0.2, 0) is 26.2 Å². The summed E-state index contributed by atoms with van der Waals surface area (Å²) in [4.78, 5) is 28.5. The quantitative estimate of drug-likeness (QED) is 0.280. The third-order valence-corrected chi connectivity index (χ3v) is 8.53. The number of aryl methyl sites for hydroxylation is 1. The van der Waals surface area contributed by atoms with Gasteiger partial charge in [0.1, 0.15) is 24.1 Å².